The van der Waals surface area contributed by atoms with Crippen LogP contribution in [0.5, 0.6) is 0 Å². The Kier molecular flexibility index (Phi) is 5.68. The van der Waals surface area contributed by atoms with Crippen LogP contribution in [-0.4, -0.2) is 38.1 Å². The third kappa shape index (κ3) is 4.42. The largest absolute Gasteiger partial charge is 0.394 e. The minimum absolute atomic E-state index is 0.113. The molecule has 0 aliphatic heterocycles. The minimum Gasteiger partial charge on any atom is -0.394 e. The Morgan fingerprint density at radius 1 is 1.30 bits per heavy atom. The molecule has 27 heavy (non-hydrogen) atoms. The molecule has 3 rings (SSSR count). The van der Waals surface area contributed by atoms with Crippen molar-refractivity contribution < 1.29 is 14.8 Å². The smallest absolute Gasteiger partial charge is 0.295 e. The molecule has 3 aromatic rings. The predicted octanol–water partition coefficient (Wildman–Crippen LogP) is 2.32. The average Bonchev–Trinajstić information content (AvgIpc) is 3.05. The van der Waals surface area contributed by atoms with E-state index in [0.717, 1.165) is 5.56 Å². The number of carbonyl (C=O) groups is 1. The van der Waals surface area contributed by atoms with Crippen LogP contribution in [0.1, 0.15) is 5.56 Å². The number of imidazole rings is 1. The van der Waals surface area contributed by atoms with Crippen molar-refractivity contribution >= 4 is 34.2 Å². The van der Waals surface area contributed by atoms with E-state index in [4.69, 9.17) is 11.6 Å². The Morgan fingerprint density at radius 2 is 2.04 bits per heavy atom. The second-order valence-electron chi connectivity index (χ2n) is 6.05. The first-order valence-corrected chi connectivity index (χ1v) is 8.58. The predicted molar refractivity (Wildman–Crippen MR) is 101 cm³/mol. The van der Waals surface area contributed by atoms with Crippen LogP contribution < -0.4 is 5.32 Å². The number of nitro groups is 1. The number of carbonyl (C=O) groups excluding carboxylic acids is 1. The highest BCUT2D eigenvalue weighted by atomic mass is 35.5. The molecule has 1 heterocycles. The maximum atomic E-state index is 12.4. The molecule has 0 fully saturated rings. The number of non-ortho nitro benzene ring substituents is 1. The molecule has 1 unspecified atom stereocenters. The zero-order valence-electron chi connectivity index (χ0n) is 14.2. The van der Waals surface area contributed by atoms with Gasteiger partial charge < -0.3 is 15.0 Å². The van der Waals surface area contributed by atoms with Crippen LogP contribution in [0.25, 0.3) is 11.0 Å². The molecular weight excluding hydrogens is 372 g/mol. The number of nitro benzene ring substituents is 1. The molecule has 1 amide bonds. The number of rotatable bonds is 7. The number of halogens is 1. The molecule has 8 nitrogen and oxygen atoms in total. The monoisotopic (exact) mass is 388 g/mol. The number of nitrogens with one attached hydrogen (secondary N) is 1. The highest BCUT2D eigenvalue weighted by Crippen LogP contribution is 2.24. The van der Waals surface area contributed by atoms with Gasteiger partial charge in [-0.1, -0.05) is 29.8 Å². The average molecular weight is 389 g/mol. The number of hydrogen-bond acceptors (Lipinski definition) is 5. The van der Waals surface area contributed by atoms with Gasteiger partial charge in [0.1, 0.15) is 12.1 Å². The van der Waals surface area contributed by atoms with Gasteiger partial charge in [-0.15, -0.1) is 0 Å². The molecule has 2 aromatic carbocycles. The Morgan fingerprint density at radius 3 is 2.70 bits per heavy atom. The van der Waals surface area contributed by atoms with Crippen molar-refractivity contribution in [2.45, 2.75) is 19.0 Å². The Hall–Kier alpha value is -2.97. The number of para-hydroxylation sites is 1. The van der Waals surface area contributed by atoms with E-state index in [9.17, 15) is 20.0 Å². The van der Waals surface area contributed by atoms with Gasteiger partial charge in [0.15, 0.2) is 0 Å². The van der Waals surface area contributed by atoms with Crippen molar-refractivity contribution in [2.24, 2.45) is 0 Å². The van der Waals surface area contributed by atoms with Gasteiger partial charge in [0.05, 0.1) is 29.4 Å². The van der Waals surface area contributed by atoms with Crippen LogP contribution in [0.3, 0.4) is 0 Å². The van der Waals surface area contributed by atoms with Crippen LogP contribution in [0.15, 0.2) is 48.8 Å². The van der Waals surface area contributed by atoms with Gasteiger partial charge in [-0.2, -0.15) is 0 Å². The lowest BCUT2D eigenvalue weighted by Gasteiger charge is -2.17. The molecule has 0 spiro atoms. The fourth-order valence-corrected chi connectivity index (χ4v) is 3.00. The van der Waals surface area contributed by atoms with Crippen LogP contribution in [0.2, 0.25) is 5.02 Å². The topological polar surface area (TPSA) is 110 Å². The van der Waals surface area contributed by atoms with Crippen molar-refractivity contribution in [3.63, 3.8) is 0 Å². The van der Waals surface area contributed by atoms with E-state index in [0.29, 0.717) is 17.0 Å². The number of fused-ring (bicyclic) bond motifs is 1. The maximum absolute atomic E-state index is 12.4. The fraction of sp³-hybridized carbons (Fsp3) is 0.222. The third-order valence-corrected chi connectivity index (χ3v) is 4.36. The Balaban J connectivity index is 1.72. The standard InChI is InChI=1S/C18H17ClN4O4/c19-13-6-4-12(5-7-13)8-14(10-24)21-17(25)9-22-11-20-15-2-1-3-16(18(15)22)23(26)27/h1-7,11,14,24H,8-10H2,(H,21,25). The Labute approximate surface area is 159 Å². The van der Waals surface area contributed by atoms with E-state index in [1.807, 2.05) is 12.1 Å². The molecule has 0 radical (unpaired) electrons. The molecule has 1 atom stereocenters. The fourth-order valence-electron chi connectivity index (χ4n) is 2.87. The summed E-state index contributed by atoms with van der Waals surface area (Å²) in [6, 6.07) is 11.2. The normalized spacial score (nSPS) is 12.1. The van der Waals surface area contributed by atoms with Gasteiger partial charge in [0, 0.05) is 11.1 Å². The zero-order valence-corrected chi connectivity index (χ0v) is 15.0. The van der Waals surface area contributed by atoms with E-state index in [1.54, 1.807) is 24.3 Å². The first-order chi connectivity index (χ1) is 13.0. The third-order valence-electron chi connectivity index (χ3n) is 4.11. The molecular formula is C18H17ClN4O4. The summed E-state index contributed by atoms with van der Waals surface area (Å²) in [7, 11) is 0. The summed E-state index contributed by atoms with van der Waals surface area (Å²) in [5.74, 6) is -0.375. The summed E-state index contributed by atoms with van der Waals surface area (Å²) in [4.78, 5) is 27.2. The van der Waals surface area contributed by atoms with Crippen molar-refractivity contribution in [3.8, 4) is 0 Å². The zero-order chi connectivity index (χ0) is 19.4. The number of hydrogen-bond donors (Lipinski definition) is 2. The van der Waals surface area contributed by atoms with Gasteiger partial charge in [0.25, 0.3) is 5.69 Å². The van der Waals surface area contributed by atoms with E-state index in [-0.39, 0.29) is 30.3 Å². The summed E-state index contributed by atoms with van der Waals surface area (Å²) in [6.45, 7) is -0.377. The number of benzene rings is 2. The van der Waals surface area contributed by atoms with Gasteiger partial charge in [-0.25, -0.2) is 4.98 Å². The Bertz CT molecular complexity index is 971. The summed E-state index contributed by atoms with van der Waals surface area (Å²) in [5, 5.41) is 24.1. The lowest BCUT2D eigenvalue weighted by molar-refractivity contribution is -0.383. The lowest BCUT2D eigenvalue weighted by atomic mass is 10.1. The number of aliphatic hydroxyl groups is 1. The quantitative estimate of drug-likeness (QED) is 0.476. The summed E-state index contributed by atoms with van der Waals surface area (Å²) >= 11 is 5.85. The first kappa shape index (κ1) is 18.8. The van der Waals surface area contributed by atoms with Gasteiger partial charge in [-0.05, 0) is 30.2 Å². The second-order valence-corrected chi connectivity index (χ2v) is 6.49. The molecule has 0 aliphatic carbocycles. The molecule has 140 valence electrons. The SMILES string of the molecule is O=C(Cn1cnc2cccc([N+](=O)[O-])c21)NC(CO)Cc1ccc(Cl)cc1. The van der Waals surface area contributed by atoms with Crippen LogP contribution >= 0.6 is 11.6 Å². The number of nitrogens with zero attached hydrogens (tertiary/aromatic N) is 3. The van der Waals surface area contributed by atoms with Crippen LogP contribution in [-0.2, 0) is 17.8 Å². The van der Waals surface area contributed by atoms with Gasteiger partial charge in [-0.3, -0.25) is 14.9 Å². The van der Waals surface area contributed by atoms with E-state index in [1.165, 1.54) is 17.0 Å². The van der Waals surface area contributed by atoms with Crippen molar-refractivity contribution in [1.29, 1.82) is 0 Å². The summed E-state index contributed by atoms with van der Waals surface area (Å²) in [5.41, 5.74) is 1.54. The first-order valence-electron chi connectivity index (χ1n) is 8.21. The summed E-state index contributed by atoms with van der Waals surface area (Å²) < 4.78 is 1.43. The van der Waals surface area contributed by atoms with Crippen molar-refractivity contribution in [1.82, 2.24) is 14.9 Å². The molecule has 0 aliphatic rings. The maximum Gasteiger partial charge on any atom is 0.295 e. The van der Waals surface area contributed by atoms with E-state index < -0.39 is 11.0 Å². The minimum atomic E-state index is -0.504. The number of aliphatic hydroxyl groups excluding tert-OH is 1. The van der Waals surface area contributed by atoms with E-state index in [2.05, 4.69) is 10.3 Å². The lowest BCUT2D eigenvalue weighted by Crippen LogP contribution is -2.40. The number of aromatic nitrogens is 2. The molecule has 0 bridgehead atoms. The molecule has 9 heteroatoms. The van der Waals surface area contributed by atoms with E-state index >= 15 is 0 Å². The number of amides is 1. The van der Waals surface area contributed by atoms with Crippen LogP contribution in [0.4, 0.5) is 5.69 Å². The highest BCUT2D eigenvalue weighted by molar-refractivity contribution is 6.30. The summed E-state index contributed by atoms with van der Waals surface area (Å²) in [6.07, 6.45) is 1.83. The molecule has 2 N–H and O–H groups in total. The van der Waals surface area contributed by atoms with Gasteiger partial charge >= 0.3 is 0 Å². The van der Waals surface area contributed by atoms with Gasteiger partial charge in [0.2, 0.25) is 5.91 Å². The second kappa shape index (κ2) is 8.15. The highest BCUT2D eigenvalue weighted by Gasteiger charge is 2.19. The molecule has 1 aromatic heterocycles. The van der Waals surface area contributed by atoms with Crippen molar-refractivity contribution in [2.75, 3.05) is 6.61 Å². The molecule has 0 saturated heterocycles. The molecule has 0 saturated carbocycles. The van der Waals surface area contributed by atoms with Crippen molar-refractivity contribution in [3.05, 3.63) is 69.5 Å². The van der Waals surface area contributed by atoms with Crippen LogP contribution in [0, 0.1) is 10.1 Å².